The van der Waals surface area contributed by atoms with Crippen LogP contribution in [0.1, 0.15) is 15.9 Å². The van der Waals surface area contributed by atoms with Crippen LogP contribution in [0.25, 0.3) is 0 Å². The topological polar surface area (TPSA) is 29.1 Å². The number of carbonyl (C=O) groups excluding carboxylic acids is 1. The Hall–Kier alpha value is -1.96. The fourth-order valence-corrected chi connectivity index (χ4v) is 2.23. The molecule has 1 amide bonds. The van der Waals surface area contributed by atoms with E-state index in [9.17, 15) is 26.7 Å². The lowest BCUT2D eigenvalue weighted by Crippen LogP contribution is -2.19. The largest absolute Gasteiger partial charge is 0.322 e. The molecule has 0 saturated heterocycles. The number of halogens is 6. The van der Waals surface area contributed by atoms with Crippen LogP contribution >= 0.6 is 15.9 Å². The zero-order valence-electron chi connectivity index (χ0n) is 10.9. The summed E-state index contributed by atoms with van der Waals surface area (Å²) in [6, 6.07) is 4.57. The van der Waals surface area contributed by atoms with E-state index in [2.05, 4.69) is 21.2 Å². The first-order valence-electron chi connectivity index (χ1n) is 5.83. The van der Waals surface area contributed by atoms with Gasteiger partial charge in [0, 0.05) is 10.2 Å². The van der Waals surface area contributed by atoms with E-state index in [1.54, 1.807) is 19.1 Å². The average molecular weight is 380 g/mol. The van der Waals surface area contributed by atoms with Crippen LogP contribution in [-0.4, -0.2) is 5.91 Å². The fraction of sp³-hybridized carbons (Fsp3) is 0.0714. The van der Waals surface area contributed by atoms with Gasteiger partial charge in [0.25, 0.3) is 5.91 Å². The van der Waals surface area contributed by atoms with Gasteiger partial charge in [-0.1, -0.05) is 15.9 Å². The molecule has 0 fully saturated rings. The van der Waals surface area contributed by atoms with Crippen LogP contribution in [-0.2, 0) is 0 Å². The Balaban J connectivity index is 2.46. The number of benzene rings is 2. The van der Waals surface area contributed by atoms with Gasteiger partial charge in [-0.05, 0) is 30.7 Å². The first-order valence-corrected chi connectivity index (χ1v) is 6.62. The van der Waals surface area contributed by atoms with Gasteiger partial charge in [-0.15, -0.1) is 0 Å². The predicted molar refractivity (Wildman–Crippen MR) is 73.1 cm³/mol. The molecule has 0 atom stereocenters. The Labute approximate surface area is 130 Å². The van der Waals surface area contributed by atoms with E-state index >= 15 is 0 Å². The van der Waals surface area contributed by atoms with Crippen LogP contribution in [0, 0.1) is 36.0 Å². The van der Waals surface area contributed by atoms with Gasteiger partial charge in [0.05, 0.1) is 0 Å². The van der Waals surface area contributed by atoms with Crippen LogP contribution in [0.15, 0.2) is 22.7 Å². The molecule has 0 bridgehead atoms. The van der Waals surface area contributed by atoms with Crippen molar-refractivity contribution >= 4 is 27.5 Å². The van der Waals surface area contributed by atoms with Gasteiger partial charge >= 0.3 is 0 Å². The van der Waals surface area contributed by atoms with Crippen molar-refractivity contribution in [1.82, 2.24) is 0 Å². The van der Waals surface area contributed by atoms with Crippen molar-refractivity contribution in [2.45, 2.75) is 6.92 Å². The van der Waals surface area contributed by atoms with E-state index in [1.165, 1.54) is 6.07 Å². The number of anilines is 1. The number of carbonyl (C=O) groups is 1. The number of rotatable bonds is 2. The summed E-state index contributed by atoms with van der Waals surface area (Å²) in [4.78, 5) is 11.9. The maximum atomic E-state index is 13.5. The van der Waals surface area contributed by atoms with E-state index in [0.29, 0.717) is 10.0 Å². The van der Waals surface area contributed by atoms with Crippen molar-refractivity contribution in [1.29, 1.82) is 0 Å². The predicted octanol–water partition coefficient (Wildman–Crippen LogP) is 4.71. The SMILES string of the molecule is Cc1cc(Br)ccc1NC(=O)c1c(F)c(F)c(F)c(F)c1F. The molecule has 8 heteroatoms. The third kappa shape index (κ3) is 2.83. The molecule has 0 saturated carbocycles. The van der Waals surface area contributed by atoms with Crippen molar-refractivity contribution < 1.29 is 26.7 Å². The third-order valence-electron chi connectivity index (χ3n) is 2.87. The summed E-state index contributed by atoms with van der Waals surface area (Å²) in [5.41, 5.74) is -0.817. The highest BCUT2D eigenvalue weighted by Crippen LogP contribution is 2.25. The van der Waals surface area contributed by atoms with Crippen LogP contribution in [0.3, 0.4) is 0 Å². The lowest BCUT2D eigenvalue weighted by molar-refractivity contribution is 0.101. The van der Waals surface area contributed by atoms with Crippen molar-refractivity contribution in [3.8, 4) is 0 Å². The van der Waals surface area contributed by atoms with Crippen molar-refractivity contribution in [3.63, 3.8) is 0 Å². The minimum Gasteiger partial charge on any atom is -0.322 e. The summed E-state index contributed by atoms with van der Waals surface area (Å²) in [7, 11) is 0. The standard InChI is InChI=1S/C14H7BrF5NO/c1-5-4-6(15)2-3-7(5)21-14(22)8-9(16)11(18)13(20)12(19)10(8)17/h2-4H,1H3,(H,21,22). The average Bonchev–Trinajstić information content (AvgIpc) is 2.46. The Morgan fingerprint density at radius 3 is 1.95 bits per heavy atom. The smallest absolute Gasteiger partial charge is 0.261 e. The molecule has 0 spiro atoms. The zero-order valence-corrected chi connectivity index (χ0v) is 12.5. The van der Waals surface area contributed by atoms with E-state index < -0.39 is 40.6 Å². The molecule has 2 aromatic rings. The van der Waals surface area contributed by atoms with Gasteiger partial charge in [-0.3, -0.25) is 4.79 Å². The molecule has 0 aliphatic heterocycles. The molecule has 0 aliphatic carbocycles. The van der Waals surface area contributed by atoms with Gasteiger partial charge in [0.2, 0.25) is 5.82 Å². The van der Waals surface area contributed by atoms with E-state index in [4.69, 9.17) is 0 Å². The van der Waals surface area contributed by atoms with E-state index in [-0.39, 0.29) is 5.69 Å². The Kier molecular flexibility index (Phi) is 4.50. The first-order chi connectivity index (χ1) is 10.2. The lowest BCUT2D eigenvalue weighted by atomic mass is 10.1. The Morgan fingerprint density at radius 2 is 1.45 bits per heavy atom. The maximum absolute atomic E-state index is 13.5. The minimum atomic E-state index is -2.31. The number of amides is 1. The van der Waals surface area contributed by atoms with Crippen LogP contribution in [0.5, 0.6) is 0 Å². The molecular formula is C14H7BrF5NO. The second kappa shape index (κ2) is 6.04. The van der Waals surface area contributed by atoms with E-state index in [0.717, 1.165) is 0 Å². The quantitative estimate of drug-likeness (QED) is 0.457. The molecule has 0 radical (unpaired) electrons. The first kappa shape index (κ1) is 16.4. The number of hydrogen-bond donors (Lipinski definition) is 1. The van der Waals surface area contributed by atoms with Crippen molar-refractivity contribution in [2.75, 3.05) is 5.32 Å². The highest BCUT2D eigenvalue weighted by atomic mass is 79.9. The molecule has 0 aliphatic rings. The van der Waals surface area contributed by atoms with Gasteiger partial charge < -0.3 is 5.32 Å². The summed E-state index contributed by atoms with van der Waals surface area (Å²) >= 11 is 3.18. The van der Waals surface area contributed by atoms with Gasteiger partial charge in [-0.2, -0.15) is 0 Å². The summed E-state index contributed by atoms with van der Waals surface area (Å²) in [6.07, 6.45) is 0. The third-order valence-corrected chi connectivity index (χ3v) is 3.37. The molecule has 22 heavy (non-hydrogen) atoms. The monoisotopic (exact) mass is 379 g/mol. The normalized spacial score (nSPS) is 10.7. The molecule has 0 aromatic heterocycles. The Morgan fingerprint density at radius 1 is 0.955 bits per heavy atom. The van der Waals surface area contributed by atoms with Gasteiger partial charge in [0.1, 0.15) is 5.56 Å². The Bertz CT molecular complexity index is 749. The van der Waals surface area contributed by atoms with Gasteiger partial charge in [-0.25, -0.2) is 22.0 Å². The summed E-state index contributed by atoms with van der Waals surface area (Å²) in [5, 5.41) is 2.11. The minimum absolute atomic E-state index is 0.178. The molecule has 2 rings (SSSR count). The zero-order chi connectivity index (χ0) is 16.6. The maximum Gasteiger partial charge on any atom is 0.261 e. The van der Waals surface area contributed by atoms with Crippen LogP contribution < -0.4 is 5.32 Å². The lowest BCUT2D eigenvalue weighted by Gasteiger charge is -2.11. The van der Waals surface area contributed by atoms with Gasteiger partial charge in [0.15, 0.2) is 23.3 Å². The molecule has 0 heterocycles. The molecule has 2 nitrogen and oxygen atoms in total. The fourth-order valence-electron chi connectivity index (χ4n) is 1.76. The highest BCUT2D eigenvalue weighted by molar-refractivity contribution is 9.10. The molecule has 0 unspecified atom stereocenters. The van der Waals surface area contributed by atoms with Crippen molar-refractivity contribution in [2.24, 2.45) is 0 Å². The van der Waals surface area contributed by atoms with Crippen molar-refractivity contribution in [3.05, 3.63) is 62.9 Å². The molecule has 1 N–H and O–H groups in total. The summed E-state index contributed by atoms with van der Waals surface area (Å²) < 4.78 is 66.9. The summed E-state index contributed by atoms with van der Waals surface area (Å²) in [5.74, 6) is -12.4. The molecular weight excluding hydrogens is 373 g/mol. The number of nitrogens with one attached hydrogen (secondary N) is 1. The summed E-state index contributed by atoms with van der Waals surface area (Å²) in [6.45, 7) is 1.60. The van der Waals surface area contributed by atoms with Crippen LogP contribution in [0.4, 0.5) is 27.6 Å². The second-order valence-corrected chi connectivity index (χ2v) is 5.27. The number of aryl methyl sites for hydroxylation is 1. The molecule has 116 valence electrons. The highest BCUT2D eigenvalue weighted by Gasteiger charge is 2.29. The second-order valence-electron chi connectivity index (χ2n) is 4.36. The number of hydrogen-bond acceptors (Lipinski definition) is 1. The van der Waals surface area contributed by atoms with Crippen LogP contribution in [0.2, 0.25) is 0 Å². The molecule has 2 aromatic carbocycles. The van der Waals surface area contributed by atoms with E-state index in [1.807, 2.05) is 0 Å².